The first-order valence-corrected chi connectivity index (χ1v) is 8.04. The molecular formula is C16H18F3NOS. The molecule has 2 heterocycles. The molecule has 3 rings (SSSR count). The molecule has 0 unspecified atom stereocenters. The number of carbonyl (C=O) groups excluding carboxylic acids is 1. The van der Waals surface area contributed by atoms with Gasteiger partial charge >= 0.3 is 6.18 Å². The lowest BCUT2D eigenvalue weighted by Gasteiger charge is -2.22. The number of hydrogen-bond donors (Lipinski definition) is 1. The van der Waals surface area contributed by atoms with Gasteiger partial charge in [0.1, 0.15) is 6.29 Å². The van der Waals surface area contributed by atoms with E-state index in [4.69, 9.17) is 4.79 Å². The summed E-state index contributed by atoms with van der Waals surface area (Å²) in [4.78, 5) is 8.81. The number of benzene rings is 1. The van der Waals surface area contributed by atoms with Crippen LogP contribution in [0.15, 0.2) is 23.6 Å². The smallest absolute Gasteiger partial charge is 0.317 e. The van der Waals surface area contributed by atoms with E-state index in [2.05, 4.69) is 5.32 Å². The molecule has 1 fully saturated rings. The van der Waals surface area contributed by atoms with Crippen molar-refractivity contribution in [3.8, 4) is 0 Å². The van der Waals surface area contributed by atoms with Gasteiger partial charge in [0.25, 0.3) is 0 Å². The molecule has 0 bridgehead atoms. The summed E-state index contributed by atoms with van der Waals surface area (Å²) in [5, 5.41) is 5.98. The van der Waals surface area contributed by atoms with Crippen LogP contribution in [0.2, 0.25) is 0 Å². The molecule has 1 saturated heterocycles. The van der Waals surface area contributed by atoms with Crippen molar-refractivity contribution >= 4 is 27.7 Å². The number of aldehydes is 1. The van der Waals surface area contributed by atoms with E-state index in [1.807, 2.05) is 11.4 Å². The second-order valence-electron chi connectivity index (χ2n) is 5.13. The fourth-order valence-electron chi connectivity index (χ4n) is 2.75. The molecule has 0 atom stereocenters. The van der Waals surface area contributed by atoms with Crippen molar-refractivity contribution in [1.82, 2.24) is 5.32 Å². The van der Waals surface area contributed by atoms with Crippen molar-refractivity contribution in [3.63, 3.8) is 0 Å². The van der Waals surface area contributed by atoms with Crippen molar-refractivity contribution in [2.75, 3.05) is 13.1 Å². The third-order valence-corrected chi connectivity index (χ3v) is 4.76. The van der Waals surface area contributed by atoms with Crippen molar-refractivity contribution in [2.24, 2.45) is 0 Å². The molecule has 0 aliphatic carbocycles. The Balaban J connectivity index is 0.000000545. The van der Waals surface area contributed by atoms with Gasteiger partial charge in [-0.15, -0.1) is 11.3 Å². The van der Waals surface area contributed by atoms with E-state index in [0.717, 1.165) is 43.2 Å². The number of piperidine rings is 1. The summed E-state index contributed by atoms with van der Waals surface area (Å²) in [7, 11) is 0. The van der Waals surface area contributed by atoms with Gasteiger partial charge in [-0.05, 0) is 61.2 Å². The van der Waals surface area contributed by atoms with E-state index < -0.39 is 11.7 Å². The Hall–Kier alpha value is -1.40. The summed E-state index contributed by atoms with van der Waals surface area (Å²) in [6, 6.07) is 4.51. The minimum Gasteiger partial charge on any atom is -0.317 e. The number of carbonyl (C=O) groups is 1. The molecule has 6 heteroatoms. The van der Waals surface area contributed by atoms with Gasteiger partial charge in [-0.3, -0.25) is 0 Å². The number of halogens is 3. The zero-order chi connectivity index (χ0) is 16.2. The van der Waals surface area contributed by atoms with Gasteiger partial charge in [0.15, 0.2) is 0 Å². The third kappa shape index (κ3) is 3.67. The van der Waals surface area contributed by atoms with E-state index in [-0.39, 0.29) is 0 Å². The molecule has 120 valence electrons. The van der Waals surface area contributed by atoms with Crippen molar-refractivity contribution in [3.05, 3.63) is 34.7 Å². The van der Waals surface area contributed by atoms with Gasteiger partial charge < -0.3 is 10.1 Å². The first-order valence-electron chi connectivity index (χ1n) is 7.16. The average molecular weight is 329 g/mol. The fourth-order valence-corrected chi connectivity index (χ4v) is 3.94. The second kappa shape index (κ2) is 7.24. The average Bonchev–Trinajstić information content (AvgIpc) is 2.91. The van der Waals surface area contributed by atoms with E-state index in [9.17, 15) is 13.2 Å². The van der Waals surface area contributed by atoms with Crippen LogP contribution in [0.1, 0.15) is 36.8 Å². The van der Waals surface area contributed by atoms with Crippen molar-refractivity contribution in [1.29, 1.82) is 0 Å². The Morgan fingerprint density at radius 1 is 1.27 bits per heavy atom. The number of hydrogen-bond acceptors (Lipinski definition) is 3. The molecule has 1 aromatic carbocycles. The Bertz CT molecular complexity index is 630. The first-order chi connectivity index (χ1) is 10.5. The van der Waals surface area contributed by atoms with E-state index >= 15 is 0 Å². The highest BCUT2D eigenvalue weighted by molar-refractivity contribution is 7.17. The number of rotatable bonds is 1. The number of fused-ring (bicyclic) bond motifs is 1. The molecule has 1 aliphatic rings. The number of alkyl halides is 3. The maximum atomic E-state index is 13.0. The quantitative estimate of drug-likeness (QED) is 0.775. The van der Waals surface area contributed by atoms with Crippen molar-refractivity contribution in [2.45, 2.75) is 31.9 Å². The molecule has 0 saturated carbocycles. The first kappa shape index (κ1) is 17.0. The summed E-state index contributed by atoms with van der Waals surface area (Å²) in [5.41, 5.74) is 0.586. The summed E-state index contributed by atoms with van der Waals surface area (Å²) >= 11 is 1.22. The SMILES string of the molecule is CC=O.FC(F)(F)c1cccc2c(C3CCNCC3)csc12. The Morgan fingerprint density at radius 3 is 2.50 bits per heavy atom. The molecule has 0 amide bonds. The van der Waals surface area contributed by atoms with Gasteiger partial charge in [0.05, 0.1) is 5.56 Å². The molecular weight excluding hydrogens is 311 g/mol. The van der Waals surface area contributed by atoms with Crippen LogP contribution in [0.25, 0.3) is 10.1 Å². The van der Waals surface area contributed by atoms with E-state index in [1.54, 1.807) is 0 Å². The van der Waals surface area contributed by atoms with Gasteiger partial charge in [-0.2, -0.15) is 13.2 Å². The highest BCUT2D eigenvalue weighted by Gasteiger charge is 2.33. The zero-order valence-corrected chi connectivity index (χ0v) is 13.1. The highest BCUT2D eigenvalue weighted by Crippen LogP contribution is 2.41. The maximum Gasteiger partial charge on any atom is 0.417 e. The third-order valence-electron chi connectivity index (χ3n) is 3.71. The Kier molecular flexibility index (Phi) is 5.58. The number of thiophene rings is 1. The lowest BCUT2D eigenvalue weighted by atomic mass is 9.90. The van der Waals surface area contributed by atoms with Gasteiger partial charge in [0.2, 0.25) is 0 Å². The molecule has 0 radical (unpaired) electrons. The second-order valence-corrected chi connectivity index (χ2v) is 6.01. The lowest BCUT2D eigenvalue weighted by Crippen LogP contribution is -2.26. The summed E-state index contributed by atoms with van der Waals surface area (Å²) in [6.07, 6.45) is -1.51. The van der Waals surface area contributed by atoms with Crippen LogP contribution in [0.5, 0.6) is 0 Å². The molecule has 1 aliphatic heterocycles. The van der Waals surface area contributed by atoms with Crippen LogP contribution < -0.4 is 5.32 Å². The molecule has 0 spiro atoms. The predicted octanol–water partition coefficient (Wildman–Crippen LogP) is 4.59. The molecule has 1 aromatic heterocycles. The van der Waals surface area contributed by atoms with Gasteiger partial charge in [-0.1, -0.05) is 12.1 Å². The van der Waals surface area contributed by atoms with E-state index in [1.165, 1.54) is 30.4 Å². The summed E-state index contributed by atoms with van der Waals surface area (Å²) in [5.74, 6) is 0.387. The van der Waals surface area contributed by atoms with Gasteiger partial charge in [-0.25, -0.2) is 0 Å². The summed E-state index contributed by atoms with van der Waals surface area (Å²) < 4.78 is 39.3. The minimum atomic E-state index is -4.27. The van der Waals surface area contributed by atoms with Crippen LogP contribution >= 0.6 is 11.3 Å². The highest BCUT2D eigenvalue weighted by atomic mass is 32.1. The predicted molar refractivity (Wildman–Crippen MR) is 83.4 cm³/mol. The zero-order valence-electron chi connectivity index (χ0n) is 12.2. The van der Waals surface area contributed by atoms with Crippen LogP contribution in [-0.2, 0) is 11.0 Å². The Morgan fingerprint density at radius 2 is 1.91 bits per heavy atom. The van der Waals surface area contributed by atoms with Crippen LogP contribution in [-0.4, -0.2) is 19.4 Å². The number of nitrogens with one attached hydrogen (secondary N) is 1. The largest absolute Gasteiger partial charge is 0.417 e. The van der Waals surface area contributed by atoms with E-state index in [0.29, 0.717) is 10.6 Å². The molecule has 2 aromatic rings. The van der Waals surface area contributed by atoms with Crippen LogP contribution in [0.4, 0.5) is 13.2 Å². The summed E-state index contributed by atoms with van der Waals surface area (Å²) in [6.45, 7) is 3.34. The van der Waals surface area contributed by atoms with Crippen molar-refractivity contribution < 1.29 is 18.0 Å². The maximum absolute atomic E-state index is 13.0. The topological polar surface area (TPSA) is 29.1 Å². The standard InChI is InChI=1S/C14H14F3NS.C2H4O/c15-14(16,17)12-3-1-2-10-11(8-19-13(10)12)9-4-6-18-7-5-9;1-2-3/h1-3,8-9,18H,4-7H2;2H,1H3. The molecule has 2 nitrogen and oxygen atoms in total. The van der Waals surface area contributed by atoms with Gasteiger partial charge in [0, 0.05) is 4.70 Å². The monoisotopic (exact) mass is 329 g/mol. The fraction of sp³-hybridized carbons (Fsp3) is 0.438. The molecule has 1 N–H and O–H groups in total. The van der Waals surface area contributed by atoms with Crippen LogP contribution in [0.3, 0.4) is 0 Å². The molecule has 22 heavy (non-hydrogen) atoms. The Labute approximate surface area is 131 Å². The lowest BCUT2D eigenvalue weighted by molar-refractivity contribution is -0.136. The normalized spacial score (nSPS) is 16.2. The minimum absolute atomic E-state index is 0.378. The van der Waals surface area contributed by atoms with Crippen LogP contribution in [0, 0.1) is 0 Å².